The number of ether oxygens (including phenoxy) is 1. The lowest BCUT2D eigenvalue weighted by Crippen LogP contribution is -2.45. The second kappa shape index (κ2) is 6.13. The fraction of sp³-hybridized carbons (Fsp3) is 0.500. The van der Waals surface area contributed by atoms with E-state index in [0.29, 0.717) is 12.3 Å². The SMILES string of the molecule is COc1ccc(S(=O)(=O)N2CCN(C(=O)N(C)C)[C@@H]2C)cc1. The minimum atomic E-state index is -3.64. The van der Waals surface area contributed by atoms with Gasteiger partial charge in [0.05, 0.1) is 18.2 Å². The largest absolute Gasteiger partial charge is 0.497 e. The molecule has 1 saturated heterocycles. The lowest BCUT2D eigenvalue weighted by atomic mass is 10.3. The van der Waals surface area contributed by atoms with Gasteiger partial charge in [0.15, 0.2) is 0 Å². The fourth-order valence-corrected chi connectivity index (χ4v) is 4.04. The van der Waals surface area contributed by atoms with Crippen molar-refractivity contribution in [2.75, 3.05) is 34.3 Å². The molecule has 1 aromatic rings. The van der Waals surface area contributed by atoms with Gasteiger partial charge in [-0.1, -0.05) is 0 Å². The highest BCUT2D eigenvalue weighted by atomic mass is 32.2. The number of amides is 2. The van der Waals surface area contributed by atoms with Crippen LogP contribution >= 0.6 is 0 Å². The highest BCUT2D eigenvalue weighted by Crippen LogP contribution is 2.25. The summed E-state index contributed by atoms with van der Waals surface area (Å²) in [5.41, 5.74) is 0. The van der Waals surface area contributed by atoms with Crippen molar-refractivity contribution >= 4 is 16.1 Å². The third kappa shape index (κ3) is 2.89. The van der Waals surface area contributed by atoms with Gasteiger partial charge in [-0.05, 0) is 31.2 Å². The van der Waals surface area contributed by atoms with Gasteiger partial charge in [0, 0.05) is 27.2 Å². The molecule has 8 heteroatoms. The summed E-state index contributed by atoms with van der Waals surface area (Å²) in [6.45, 7) is 2.39. The predicted octanol–water partition coefficient (Wildman–Crippen LogP) is 1.03. The minimum Gasteiger partial charge on any atom is -0.497 e. The Morgan fingerprint density at radius 1 is 1.23 bits per heavy atom. The standard InChI is InChI=1S/C14H21N3O4S/c1-11-16(14(18)15(2)3)9-10-17(11)22(19,20)13-7-5-12(21-4)6-8-13/h5-8,11H,9-10H2,1-4H3/t11-/m0/s1. The molecule has 0 radical (unpaired) electrons. The maximum atomic E-state index is 12.7. The van der Waals surface area contributed by atoms with E-state index in [1.165, 1.54) is 28.4 Å². The quantitative estimate of drug-likeness (QED) is 0.831. The van der Waals surface area contributed by atoms with Crippen LogP contribution in [-0.2, 0) is 10.0 Å². The summed E-state index contributed by atoms with van der Waals surface area (Å²) in [7, 11) is 1.18. The van der Waals surface area contributed by atoms with Crippen LogP contribution < -0.4 is 4.74 Å². The number of carbonyl (C=O) groups excluding carboxylic acids is 1. The summed E-state index contributed by atoms with van der Waals surface area (Å²) in [6.07, 6.45) is -0.512. The molecular formula is C14H21N3O4S. The van der Waals surface area contributed by atoms with Crippen molar-refractivity contribution in [3.8, 4) is 5.75 Å². The Labute approximate surface area is 131 Å². The van der Waals surface area contributed by atoms with Crippen LogP contribution in [0, 0.1) is 0 Å². The molecule has 122 valence electrons. The summed E-state index contributed by atoms with van der Waals surface area (Å²) in [4.78, 5) is 15.2. The zero-order chi connectivity index (χ0) is 16.5. The number of hydrogen-bond acceptors (Lipinski definition) is 4. The first-order chi connectivity index (χ1) is 10.3. The lowest BCUT2D eigenvalue weighted by Gasteiger charge is -2.28. The summed E-state index contributed by atoms with van der Waals surface area (Å²) in [5.74, 6) is 0.595. The zero-order valence-electron chi connectivity index (χ0n) is 13.2. The summed E-state index contributed by atoms with van der Waals surface area (Å²) in [6, 6.07) is 6.04. The van der Waals surface area contributed by atoms with Crippen molar-refractivity contribution in [2.24, 2.45) is 0 Å². The second-order valence-electron chi connectivity index (χ2n) is 5.29. The molecule has 0 aromatic heterocycles. The molecule has 0 unspecified atom stereocenters. The van der Waals surface area contributed by atoms with Crippen LogP contribution in [0.15, 0.2) is 29.2 Å². The first kappa shape index (κ1) is 16.6. The van der Waals surface area contributed by atoms with Gasteiger partial charge < -0.3 is 14.5 Å². The molecule has 2 amide bonds. The summed E-state index contributed by atoms with van der Waals surface area (Å²) >= 11 is 0. The molecule has 1 atom stereocenters. The van der Waals surface area contributed by atoms with Gasteiger partial charge >= 0.3 is 6.03 Å². The average molecular weight is 327 g/mol. The van der Waals surface area contributed by atoms with Gasteiger partial charge in [-0.3, -0.25) is 0 Å². The zero-order valence-corrected chi connectivity index (χ0v) is 14.0. The molecule has 2 rings (SSSR count). The molecule has 0 aliphatic carbocycles. The Kier molecular flexibility index (Phi) is 4.62. The summed E-state index contributed by atoms with van der Waals surface area (Å²) in [5, 5.41) is 0. The molecule has 1 aromatic carbocycles. The summed E-state index contributed by atoms with van der Waals surface area (Å²) < 4.78 is 31.8. The van der Waals surface area contributed by atoms with Gasteiger partial charge in [-0.25, -0.2) is 13.2 Å². The molecule has 7 nitrogen and oxygen atoms in total. The molecule has 1 heterocycles. The topological polar surface area (TPSA) is 70.2 Å². The Morgan fingerprint density at radius 2 is 1.82 bits per heavy atom. The molecule has 0 N–H and O–H groups in total. The van der Waals surface area contributed by atoms with Crippen molar-refractivity contribution in [1.29, 1.82) is 0 Å². The van der Waals surface area contributed by atoms with E-state index in [1.54, 1.807) is 38.1 Å². The van der Waals surface area contributed by atoms with Crippen LogP contribution in [0.4, 0.5) is 4.79 Å². The number of rotatable bonds is 3. The molecule has 1 aliphatic rings. The van der Waals surface area contributed by atoms with Crippen LogP contribution in [-0.4, -0.2) is 69.0 Å². The molecule has 22 heavy (non-hydrogen) atoms. The van der Waals surface area contributed by atoms with Crippen LogP contribution in [0.3, 0.4) is 0 Å². The number of methoxy groups -OCH3 is 1. The Bertz CT molecular complexity index is 643. The lowest BCUT2D eigenvalue weighted by molar-refractivity contribution is 0.156. The van der Waals surface area contributed by atoms with Crippen LogP contribution in [0.2, 0.25) is 0 Å². The first-order valence-corrected chi connectivity index (χ1v) is 8.37. The fourth-order valence-electron chi connectivity index (χ4n) is 2.45. The third-order valence-corrected chi connectivity index (χ3v) is 5.70. The highest BCUT2D eigenvalue weighted by molar-refractivity contribution is 7.89. The van der Waals surface area contributed by atoms with Crippen molar-refractivity contribution in [1.82, 2.24) is 14.1 Å². The van der Waals surface area contributed by atoms with E-state index >= 15 is 0 Å². The number of nitrogens with zero attached hydrogens (tertiary/aromatic N) is 3. The number of sulfonamides is 1. The average Bonchev–Trinajstić information content (AvgIpc) is 2.88. The monoisotopic (exact) mass is 327 g/mol. The van der Waals surface area contributed by atoms with Gasteiger partial charge in [0.25, 0.3) is 0 Å². The smallest absolute Gasteiger partial charge is 0.320 e. The van der Waals surface area contributed by atoms with Crippen molar-refractivity contribution in [3.63, 3.8) is 0 Å². The van der Waals surface area contributed by atoms with E-state index in [9.17, 15) is 13.2 Å². The maximum absolute atomic E-state index is 12.7. The van der Waals surface area contributed by atoms with Crippen LogP contribution in [0.1, 0.15) is 6.92 Å². The number of urea groups is 1. The van der Waals surface area contributed by atoms with E-state index in [2.05, 4.69) is 0 Å². The Hall–Kier alpha value is -1.80. The normalized spacial score (nSPS) is 19.3. The number of carbonyl (C=O) groups is 1. The Morgan fingerprint density at radius 3 is 2.32 bits per heavy atom. The van der Waals surface area contributed by atoms with E-state index in [0.717, 1.165) is 0 Å². The highest BCUT2D eigenvalue weighted by Gasteiger charge is 2.40. The van der Waals surface area contributed by atoms with E-state index in [-0.39, 0.29) is 17.5 Å². The molecule has 0 saturated carbocycles. The van der Waals surface area contributed by atoms with Crippen molar-refractivity contribution in [2.45, 2.75) is 18.0 Å². The van der Waals surface area contributed by atoms with Crippen LogP contribution in [0.5, 0.6) is 5.75 Å². The maximum Gasteiger partial charge on any atom is 0.320 e. The number of hydrogen-bond donors (Lipinski definition) is 0. The van der Waals surface area contributed by atoms with E-state index in [1.807, 2.05) is 0 Å². The first-order valence-electron chi connectivity index (χ1n) is 6.93. The molecule has 0 bridgehead atoms. The van der Waals surface area contributed by atoms with Crippen molar-refractivity contribution < 1.29 is 17.9 Å². The minimum absolute atomic E-state index is 0.194. The Balaban J connectivity index is 2.25. The van der Waals surface area contributed by atoms with Crippen molar-refractivity contribution in [3.05, 3.63) is 24.3 Å². The predicted molar refractivity (Wildman–Crippen MR) is 82.1 cm³/mol. The van der Waals surface area contributed by atoms with Crippen LogP contribution in [0.25, 0.3) is 0 Å². The molecule has 1 fully saturated rings. The second-order valence-corrected chi connectivity index (χ2v) is 7.18. The van der Waals surface area contributed by atoms with E-state index < -0.39 is 16.2 Å². The molecular weight excluding hydrogens is 306 g/mol. The third-order valence-electron chi connectivity index (χ3n) is 3.72. The van der Waals surface area contributed by atoms with E-state index in [4.69, 9.17) is 4.74 Å². The molecule has 0 spiro atoms. The van der Waals surface area contributed by atoms with Gasteiger partial charge in [-0.2, -0.15) is 4.31 Å². The number of benzene rings is 1. The molecule has 1 aliphatic heterocycles. The van der Waals surface area contributed by atoms with Gasteiger partial charge in [0.1, 0.15) is 5.75 Å². The van der Waals surface area contributed by atoms with Gasteiger partial charge in [-0.15, -0.1) is 0 Å². The van der Waals surface area contributed by atoms with Gasteiger partial charge in [0.2, 0.25) is 10.0 Å².